The van der Waals surface area contributed by atoms with Crippen molar-refractivity contribution in [2.75, 3.05) is 13.6 Å². The zero-order valence-electron chi connectivity index (χ0n) is 9.93. The molecule has 0 saturated carbocycles. The molecule has 1 aromatic rings. The van der Waals surface area contributed by atoms with Crippen LogP contribution in [-0.4, -0.2) is 13.6 Å². The van der Waals surface area contributed by atoms with Gasteiger partial charge in [0.1, 0.15) is 0 Å². The van der Waals surface area contributed by atoms with Gasteiger partial charge in [-0.25, -0.2) is 0 Å². The summed E-state index contributed by atoms with van der Waals surface area (Å²) in [5, 5.41) is 3.00. The van der Waals surface area contributed by atoms with Crippen LogP contribution in [0.15, 0.2) is 24.3 Å². The molecule has 0 aliphatic carbocycles. The SMILES string of the molecule is CNCC/C=C/c1ccc(C(F)(F)F)cc1C. The summed E-state index contributed by atoms with van der Waals surface area (Å²) in [6.07, 6.45) is 0.398. The average molecular weight is 243 g/mol. The van der Waals surface area contributed by atoms with E-state index in [1.54, 1.807) is 6.92 Å². The maximum atomic E-state index is 12.4. The minimum atomic E-state index is -4.26. The fourth-order valence-corrected chi connectivity index (χ4v) is 1.48. The van der Waals surface area contributed by atoms with Crippen molar-refractivity contribution >= 4 is 6.08 Å². The summed E-state index contributed by atoms with van der Waals surface area (Å²) < 4.78 is 37.3. The van der Waals surface area contributed by atoms with Gasteiger partial charge in [0.15, 0.2) is 0 Å². The van der Waals surface area contributed by atoms with E-state index >= 15 is 0 Å². The van der Waals surface area contributed by atoms with Crippen molar-refractivity contribution in [2.45, 2.75) is 19.5 Å². The molecule has 0 amide bonds. The van der Waals surface area contributed by atoms with Gasteiger partial charge in [0.05, 0.1) is 5.56 Å². The number of halogens is 3. The van der Waals surface area contributed by atoms with Crippen LogP contribution in [0.5, 0.6) is 0 Å². The van der Waals surface area contributed by atoms with Crippen LogP contribution < -0.4 is 5.32 Å². The summed E-state index contributed by atoms with van der Waals surface area (Å²) in [5.41, 5.74) is 0.872. The van der Waals surface area contributed by atoms with Crippen LogP contribution in [0.4, 0.5) is 13.2 Å². The lowest BCUT2D eigenvalue weighted by Gasteiger charge is -2.08. The Hall–Kier alpha value is -1.29. The summed E-state index contributed by atoms with van der Waals surface area (Å²) in [6, 6.07) is 3.80. The van der Waals surface area contributed by atoms with Crippen molar-refractivity contribution < 1.29 is 13.2 Å². The molecule has 94 valence electrons. The van der Waals surface area contributed by atoms with E-state index in [1.165, 1.54) is 12.1 Å². The zero-order chi connectivity index (χ0) is 12.9. The second-order valence-electron chi connectivity index (χ2n) is 3.86. The maximum absolute atomic E-state index is 12.4. The van der Waals surface area contributed by atoms with Crippen LogP contribution >= 0.6 is 0 Å². The highest BCUT2D eigenvalue weighted by atomic mass is 19.4. The van der Waals surface area contributed by atoms with Crippen LogP contribution in [-0.2, 0) is 6.18 Å². The fraction of sp³-hybridized carbons (Fsp3) is 0.385. The molecule has 0 radical (unpaired) electrons. The van der Waals surface area contributed by atoms with Crippen LogP contribution in [0, 0.1) is 6.92 Å². The quantitative estimate of drug-likeness (QED) is 0.796. The Morgan fingerprint density at radius 1 is 1.29 bits per heavy atom. The van der Waals surface area contributed by atoms with Crippen molar-refractivity contribution in [1.82, 2.24) is 5.32 Å². The van der Waals surface area contributed by atoms with E-state index in [-0.39, 0.29) is 0 Å². The highest BCUT2D eigenvalue weighted by molar-refractivity contribution is 5.54. The third-order valence-corrected chi connectivity index (χ3v) is 2.46. The van der Waals surface area contributed by atoms with Gasteiger partial charge in [-0.1, -0.05) is 18.2 Å². The van der Waals surface area contributed by atoms with Gasteiger partial charge < -0.3 is 5.32 Å². The number of rotatable bonds is 4. The monoisotopic (exact) mass is 243 g/mol. The maximum Gasteiger partial charge on any atom is 0.416 e. The highest BCUT2D eigenvalue weighted by Crippen LogP contribution is 2.30. The largest absolute Gasteiger partial charge is 0.416 e. The molecule has 4 heteroatoms. The Labute approximate surface area is 99.3 Å². The molecule has 0 heterocycles. The van der Waals surface area contributed by atoms with Gasteiger partial charge in [0.25, 0.3) is 0 Å². The summed E-state index contributed by atoms with van der Waals surface area (Å²) in [4.78, 5) is 0. The predicted octanol–water partition coefficient (Wildman–Crippen LogP) is 3.64. The molecule has 0 atom stereocenters. The van der Waals surface area contributed by atoms with Crippen LogP contribution in [0.1, 0.15) is 23.1 Å². The summed E-state index contributed by atoms with van der Waals surface area (Å²) in [7, 11) is 1.86. The predicted molar refractivity (Wildman–Crippen MR) is 63.8 cm³/mol. The van der Waals surface area contributed by atoms with E-state index in [2.05, 4.69) is 5.32 Å². The number of alkyl halides is 3. The molecule has 0 aromatic heterocycles. The molecule has 0 saturated heterocycles. The second-order valence-corrected chi connectivity index (χ2v) is 3.86. The lowest BCUT2D eigenvalue weighted by Crippen LogP contribution is -2.06. The van der Waals surface area contributed by atoms with Crippen LogP contribution in [0.25, 0.3) is 6.08 Å². The van der Waals surface area contributed by atoms with Crippen molar-refractivity contribution in [3.63, 3.8) is 0 Å². The normalized spacial score (nSPS) is 12.3. The standard InChI is InChI=1S/C13H16F3N/c1-10-9-12(13(14,15)16)7-6-11(10)5-3-4-8-17-2/h3,5-7,9,17H,4,8H2,1-2H3/b5-3+. The first-order valence-electron chi connectivity index (χ1n) is 5.44. The van der Waals surface area contributed by atoms with Gasteiger partial charge in [0.2, 0.25) is 0 Å². The number of benzene rings is 1. The molecule has 1 rings (SSSR count). The summed E-state index contributed by atoms with van der Waals surface area (Å²) in [5.74, 6) is 0. The van der Waals surface area contributed by atoms with E-state index in [1.807, 2.05) is 19.2 Å². The molecular formula is C13H16F3N. The zero-order valence-corrected chi connectivity index (χ0v) is 9.93. The van der Waals surface area contributed by atoms with Crippen molar-refractivity contribution in [3.8, 4) is 0 Å². The van der Waals surface area contributed by atoms with Gasteiger partial charge >= 0.3 is 6.18 Å². The van der Waals surface area contributed by atoms with E-state index in [0.29, 0.717) is 5.56 Å². The molecule has 1 N–H and O–H groups in total. The number of hydrogen-bond donors (Lipinski definition) is 1. The molecule has 0 aliphatic rings. The molecular weight excluding hydrogens is 227 g/mol. The Bertz CT molecular complexity index is 394. The Morgan fingerprint density at radius 2 is 2.00 bits per heavy atom. The van der Waals surface area contributed by atoms with Crippen LogP contribution in [0.2, 0.25) is 0 Å². The van der Waals surface area contributed by atoms with Gasteiger partial charge in [-0.15, -0.1) is 0 Å². The van der Waals surface area contributed by atoms with E-state index in [0.717, 1.165) is 24.6 Å². The smallest absolute Gasteiger partial charge is 0.319 e. The summed E-state index contributed by atoms with van der Waals surface area (Å²) in [6.45, 7) is 2.54. The van der Waals surface area contributed by atoms with Crippen LogP contribution in [0.3, 0.4) is 0 Å². The van der Waals surface area contributed by atoms with Gasteiger partial charge in [-0.05, 0) is 50.2 Å². The third kappa shape index (κ3) is 4.23. The highest BCUT2D eigenvalue weighted by Gasteiger charge is 2.30. The molecule has 1 nitrogen and oxygen atoms in total. The second kappa shape index (κ2) is 5.87. The lowest BCUT2D eigenvalue weighted by molar-refractivity contribution is -0.137. The number of nitrogens with one attached hydrogen (secondary N) is 1. The Morgan fingerprint density at radius 3 is 2.53 bits per heavy atom. The molecule has 0 aliphatic heterocycles. The first kappa shape index (κ1) is 13.8. The molecule has 0 bridgehead atoms. The summed E-state index contributed by atoms with van der Waals surface area (Å²) >= 11 is 0. The Kier molecular flexibility index (Phi) is 4.75. The average Bonchev–Trinajstić information content (AvgIpc) is 2.24. The minimum absolute atomic E-state index is 0.595. The number of aryl methyl sites for hydroxylation is 1. The van der Waals surface area contributed by atoms with Crippen molar-refractivity contribution in [3.05, 3.63) is 41.0 Å². The third-order valence-electron chi connectivity index (χ3n) is 2.46. The van der Waals surface area contributed by atoms with E-state index in [4.69, 9.17) is 0 Å². The first-order valence-corrected chi connectivity index (χ1v) is 5.44. The van der Waals surface area contributed by atoms with E-state index in [9.17, 15) is 13.2 Å². The van der Waals surface area contributed by atoms with Crippen molar-refractivity contribution in [2.24, 2.45) is 0 Å². The van der Waals surface area contributed by atoms with Crippen molar-refractivity contribution in [1.29, 1.82) is 0 Å². The molecule has 0 spiro atoms. The molecule has 1 aromatic carbocycles. The molecule has 0 fully saturated rings. The van der Waals surface area contributed by atoms with Gasteiger partial charge in [-0.2, -0.15) is 13.2 Å². The van der Waals surface area contributed by atoms with Gasteiger partial charge in [-0.3, -0.25) is 0 Å². The minimum Gasteiger partial charge on any atom is -0.319 e. The Balaban J connectivity index is 2.80. The van der Waals surface area contributed by atoms with Gasteiger partial charge in [0, 0.05) is 0 Å². The molecule has 17 heavy (non-hydrogen) atoms. The topological polar surface area (TPSA) is 12.0 Å². The molecule has 0 unspecified atom stereocenters. The number of hydrogen-bond acceptors (Lipinski definition) is 1. The first-order chi connectivity index (χ1) is 7.95. The van der Waals surface area contributed by atoms with E-state index < -0.39 is 11.7 Å². The lowest BCUT2D eigenvalue weighted by atomic mass is 10.0. The fourth-order valence-electron chi connectivity index (χ4n) is 1.48.